The van der Waals surface area contributed by atoms with Gasteiger partial charge in [-0.05, 0) is 37.3 Å². The molecule has 0 fully saturated rings. The predicted molar refractivity (Wildman–Crippen MR) is 99.8 cm³/mol. The number of thiophene rings is 1. The van der Waals surface area contributed by atoms with Crippen molar-refractivity contribution in [1.82, 2.24) is 0 Å². The average molecular weight is 414 g/mol. The molecule has 2 amide bonds. The molecule has 3 N–H and O–H groups in total. The van der Waals surface area contributed by atoms with Gasteiger partial charge in [0, 0.05) is 12.0 Å². The lowest BCUT2D eigenvalue weighted by Crippen LogP contribution is -2.29. The highest BCUT2D eigenvalue weighted by atomic mass is 32.2. The van der Waals surface area contributed by atoms with E-state index in [4.69, 9.17) is 15.2 Å². The number of ether oxygens (including phenoxy) is 2. The number of hydrogen-bond donors (Lipinski definition) is 2. The van der Waals surface area contributed by atoms with Crippen molar-refractivity contribution >= 4 is 39.0 Å². The maximum absolute atomic E-state index is 13.0. The fraction of sp³-hybridized carbons (Fsp3) is 0.294. The zero-order valence-corrected chi connectivity index (χ0v) is 16.3. The fourth-order valence-electron chi connectivity index (χ4n) is 2.01. The monoisotopic (exact) mass is 414 g/mol. The molecule has 0 spiro atoms. The van der Waals surface area contributed by atoms with Gasteiger partial charge in [-0.2, -0.15) is 0 Å². The molecular weight excluding hydrogens is 395 g/mol. The second-order valence-electron chi connectivity index (χ2n) is 5.39. The minimum atomic E-state index is -1.65. The third-order valence-electron chi connectivity index (χ3n) is 3.45. The minimum absolute atomic E-state index is 0.0444. The first-order valence-electron chi connectivity index (χ1n) is 7.86. The van der Waals surface area contributed by atoms with Gasteiger partial charge in [0.2, 0.25) is 0 Å². The van der Waals surface area contributed by atoms with Crippen LogP contribution < -0.4 is 11.1 Å². The molecule has 0 aliphatic carbocycles. The second kappa shape index (κ2) is 9.70. The van der Waals surface area contributed by atoms with E-state index in [0.717, 1.165) is 11.3 Å². The number of nitrogens with one attached hydrogen (secondary N) is 1. The van der Waals surface area contributed by atoms with Crippen LogP contribution in [0.15, 0.2) is 39.4 Å². The summed E-state index contributed by atoms with van der Waals surface area (Å²) >= 11 is 0.962. The van der Waals surface area contributed by atoms with Crippen LogP contribution >= 0.6 is 11.3 Å². The molecule has 0 aliphatic heterocycles. The maximum atomic E-state index is 13.0. The van der Waals surface area contributed by atoms with Crippen molar-refractivity contribution in [1.29, 1.82) is 0 Å². The molecule has 0 saturated carbocycles. The van der Waals surface area contributed by atoms with Crippen LogP contribution in [-0.4, -0.2) is 42.5 Å². The summed E-state index contributed by atoms with van der Waals surface area (Å²) in [4.78, 5) is 24.3. The van der Waals surface area contributed by atoms with E-state index in [1.165, 1.54) is 37.4 Å². The first-order chi connectivity index (χ1) is 12.8. The third-order valence-corrected chi connectivity index (χ3v) is 6.18. The lowest BCUT2D eigenvalue weighted by Gasteiger charge is -2.12. The average Bonchev–Trinajstić information content (AvgIpc) is 3.06. The van der Waals surface area contributed by atoms with E-state index < -0.39 is 34.5 Å². The molecule has 2 aromatic rings. The quantitative estimate of drug-likeness (QED) is 0.611. The van der Waals surface area contributed by atoms with Crippen molar-refractivity contribution < 1.29 is 27.7 Å². The Morgan fingerprint density at radius 3 is 2.56 bits per heavy atom. The van der Waals surface area contributed by atoms with E-state index >= 15 is 0 Å². The molecule has 27 heavy (non-hydrogen) atoms. The van der Waals surface area contributed by atoms with Crippen LogP contribution in [0.5, 0.6) is 0 Å². The molecule has 0 aliphatic rings. The van der Waals surface area contributed by atoms with E-state index in [9.17, 15) is 18.2 Å². The van der Waals surface area contributed by atoms with Gasteiger partial charge >= 0.3 is 0 Å². The number of benzene rings is 1. The summed E-state index contributed by atoms with van der Waals surface area (Å²) < 4.78 is 36.1. The summed E-state index contributed by atoms with van der Waals surface area (Å²) in [5, 5.41) is 2.75. The molecular formula is C17H19FN2O5S2. The van der Waals surface area contributed by atoms with E-state index in [0.29, 0.717) is 15.7 Å². The SMILES string of the molecule is COCCOC(C)C(=O)Nc1sc(S(=O)c2ccc(F)cc2)cc1C(N)=O. The van der Waals surface area contributed by atoms with Crippen LogP contribution in [0.25, 0.3) is 0 Å². The number of anilines is 1. The van der Waals surface area contributed by atoms with Gasteiger partial charge in [-0.25, -0.2) is 8.60 Å². The van der Waals surface area contributed by atoms with Gasteiger partial charge in [0.1, 0.15) is 16.9 Å². The Morgan fingerprint density at radius 1 is 1.30 bits per heavy atom. The Kier molecular flexibility index (Phi) is 7.60. The van der Waals surface area contributed by atoms with Crippen molar-refractivity contribution in [2.75, 3.05) is 25.6 Å². The van der Waals surface area contributed by atoms with E-state index in [1.807, 2.05) is 0 Å². The zero-order chi connectivity index (χ0) is 20.0. The number of carbonyl (C=O) groups is 2. The van der Waals surface area contributed by atoms with Crippen LogP contribution in [0.2, 0.25) is 0 Å². The topological polar surface area (TPSA) is 108 Å². The van der Waals surface area contributed by atoms with E-state index in [-0.39, 0.29) is 17.2 Å². The summed E-state index contributed by atoms with van der Waals surface area (Å²) in [6.45, 7) is 2.13. The van der Waals surface area contributed by atoms with Crippen LogP contribution in [0.1, 0.15) is 17.3 Å². The van der Waals surface area contributed by atoms with Crippen molar-refractivity contribution in [3.05, 3.63) is 41.7 Å². The van der Waals surface area contributed by atoms with Crippen LogP contribution in [-0.2, 0) is 25.1 Å². The first-order valence-corrected chi connectivity index (χ1v) is 9.82. The maximum Gasteiger partial charge on any atom is 0.253 e. The van der Waals surface area contributed by atoms with Crippen LogP contribution in [0.3, 0.4) is 0 Å². The number of hydrogen-bond acceptors (Lipinski definition) is 6. The van der Waals surface area contributed by atoms with Gasteiger partial charge in [0.15, 0.2) is 0 Å². The lowest BCUT2D eigenvalue weighted by molar-refractivity contribution is -0.127. The van der Waals surface area contributed by atoms with E-state index in [2.05, 4.69) is 5.32 Å². The molecule has 0 bridgehead atoms. The molecule has 1 heterocycles. The molecule has 2 unspecified atom stereocenters. The molecule has 1 aromatic heterocycles. The van der Waals surface area contributed by atoms with Crippen LogP contribution in [0.4, 0.5) is 9.39 Å². The summed E-state index contributed by atoms with van der Waals surface area (Å²) in [6.07, 6.45) is -0.783. The van der Waals surface area contributed by atoms with Gasteiger partial charge in [-0.15, -0.1) is 11.3 Å². The van der Waals surface area contributed by atoms with Gasteiger partial charge in [0.05, 0.1) is 33.8 Å². The molecule has 2 atom stereocenters. The Morgan fingerprint density at radius 2 is 1.96 bits per heavy atom. The Bertz CT molecular complexity index is 838. The van der Waals surface area contributed by atoms with Gasteiger partial charge in [0.25, 0.3) is 11.8 Å². The Hall–Kier alpha value is -2.14. The lowest BCUT2D eigenvalue weighted by atomic mass is 10.3. The van der Waals surface area contributed by atoms with Crippen LogP contribution in [0, 0.1) is 5.82 Å². The highest BCUT2D eigenvalue weighted by molar-refractivity contribution is 7.87. The minimum Gasteiger partial charge on any atom is -0.382 e. The van der Waals surface area contributed by atoms with Crippen molar-refractivity contribution in [3.63, 3.8) is 0 Å². The molecule has 2 rings (SSSR count). The number of halogens is 1. The number of amides is 2. The molecule has 10 heteroatoms. The predicted octanol–water partition coefficient (Wildman–Crippen LogP) is 2.14. The van der Waals surface area contributed by atoms with Crippen molar-refractivity contribution in [2.24, 2.45) is 5.73 Å². The molecule has 0 saturated heterocycles. The van der Waals surface area contributed by atoms with Crippen molar-refractivity contribution in [3.8, 4) is 0 Å². The standard InChI is InChI=1S/C17H19FN2O5S2/c1-10(25-8-7-24-2)16(22)20-17-13(15(19)21)9-14(26-17)27(23)12-5-3-11(18)4-6-12/h3-6,9-10H,7-8H2,1-2H3,(H2,19,21)(H,20,22). The summed E-state index contributed by atoms with van der Waals surface area (Å²) in [5.74, 6) is -1.69. The molecule has 7 nitrogen and oxygen atoms in total. The van der Waals surface area contributed by atoms with E-state index in [1.54, 1.807) is 6.92 Å². The number of primary amides is 1. The third kappa shape index (κ3) is 5.67. The highest BCUT2D eigenvalue weighted by Crippen LogP contribution is 2.32. The molecule has 0 radical (unpaired) electrons. The summed E-state index contributed by atoms with van der Waals surface area (Å²) in [6, 6.07) is 6.52. The largest absolute Gasteiger partial charge is 0.382 e. The Labute approximate surface area is 162 Å². The van der Waals surface area contributed by atoms with Crippen molar-refractivity contribution in [2.45, 2.75) is 22.1 Å². The number of methoxy groups -OCH3 is 1. The highest BCUT2D eigenvalue weighted by Gasteiger charge is 2.22. The summed E-state index contributed by atoms with van der Waals surface area (Å²) in [7, 11) is -0.132. The summed E-state index contributed by atoms with van der Waals surface area (Å²) in [5.41, 5.74) is 5.40. The second-order valence-corrected chi connectivity index (χ2v) is 8.15. The zero-order valence-electron chi connectivity index (χ0n) is 14.7. The first kappa shape index (κ1) is 21.2. The normalized spacial score (nSPS) is 13.1. The van der Waals surface area contributed by atoms with Gasteiger partial charge in [-0.3, -0.25) is 9.59 Å². The smallest absolute Gasteiger partial charge is 0.253 e. The fourth-order valence-corrected chi connectivity index (χ4v) is 4.49. The molecule has 1 aromatic carbocycles. The number of nitrogens with two attached hydrogens (primary N) is 1. The van der Waals surface area contributed by atoms with Gasteiger partial charge in [-0.1, -0.05) is 0 Å². The number of rotatable bonds is 9. The van der Waals surface area contributed by atoms with Gasteiger partial charge < -0.3 is 20.5 Å². The molecule has 146 valence electrons. The number of carbonyl (C=O) groups excluding carboxylic acids is 2. The Balaban J connectivity index is 2.19.